The normalized spacial score (nSPS) is 15.0. The Balaban J connectivity index is 0.00000185. The molecule has 0 spiro atoms. The summed E-state index contributed by atoms with van der Waals surface area (Å²) in [6.07, 6.45) is 9.92. The van der Waals surface area contributed by atoms with Crippen LogP contribution in [0.4, 0.5) is 0 Å². The summed E-state index contributed by atoms with van der Waals surface area (Å²) in [6, 6.07) is 41.3. The van der Waals surface area contributed by atoms with Crippen LogP contribution in [0.1, 0.15) is 65.4 Å². The molecule has 0 fully saturated rings. The van der Waals surface area contributed by atoms with Gasteiger partial charge in [-0.2, -0.15) is 0 Å². The average molecular weight is 643 g/mol. The third-order valence-corrected chi connectivity index (χ3v) is 17.0. The smallest absolute Gasteiger partial charge is 1.00 e. The van der Waals surface area contributed by atoms with E-state index in [0.717, 1.165) is 0 Å². The van der Waals surface area contributed by atoms with Gasteiger partial charge < -0.3 is 24.8 Å². The summed E-state index contributed by atoms with van der Waals surface area (Å²) in [5, 5.41) is 0. The first kappa shape index (κ1) is 30.6. The zero-order valence-corrected chi connectivity index (χ0v) is 27.3. The van der Waals surface area contributed by atoms with Gasteiger partial charge in [0.1, 0.15) is 0 Å². The largest absolute Gasteiger partial charge is 1.00 e. The third kappa shape index (κ3) is 5.72. The zero-order chi connectivity index (χ0) is 25.9. The van der Waals surface area contributed by atoms with Crippen LogP contribution in [0.3, 0.4) is 0 Å². The number of hydrogen-bond acceptors (Lipinski definition) is 0. The van der Waals surface area contributed by atoms with E-state index in [9.17, 15) is 0 Å². The Morgan fingerprint density at radius 1 is 0.625 bits per heavy atom. The van der Waals surface area contributed by atoms with Crippen LogP contribution in [0.5, 0.6) is 0 Å². The summed E-state index contributed by atoms with van der Waals surface area (Å²) in [7, 11) is 0. The Bertz CT molecular complexity index is 1450. The van der Waals surface area contributed by atoms with Crippen LogP contribution in [0.25, 0.3) is 11.1 Å². The molecular formula is C37H36Cl2Zr. The predicted molar refractivity (Wildman–Crippen MR) is 159 cm³/mol. The molecule has 40 heavy (non-hydrogen) atoms. The van der Waals surface area contributed by atoms with Crippen LogP contribution < -0.4 is 24.8 Å². The standard InChI is InChI=1S/C13H9.C13H10.C11H17.2ClH.Zr/c1-3-7-12-10(5-1)9-11-6-2-4-8-13(11)12;1-3-7-12(8-4-1)11-13-9-5-2-6-10-13;1-3-5-10-7-8-11(9-10)6-4-2;;;/h1-9H;1-10H;7-8,10H,3-6H2,1-2H3;2*1H;/q;;;;;+2/p-2. The van der Waals surface area contributed by atoms with Gasteiger partial charge in [0.15, 0.2) is 0 Å². The molecule has 2 aliphatic carbocycles. The van der Waals surface area contributed by atoms with Crippen LogP contribution in [-0.4, -0.2) is 3.21 Å². The first-order valence-electron chi connectivity index (χ1n) is 14.3. The Morgan fingerprint density at radius 3 is 1.62 bits per heavy atom. The van der Waals surface area contributed by atoms with Gasteiger partial charge in [-0.15, -0.1) is 0 Å². The molecule has 0 bridgehead atoms. The van der Waals surface area contributed by atoms with E-state index >= 15 is 0 Å². The van der Waals surface area contributed by atoms with Crippen molar-refractivity contribution in [3.63, 3.8) is 0 Å². The predicted octanol–water partition coefficient (Wildman–Crippen LogP) is 3.69. The van der Waals surface area contributed by atoms with Crippen molar-refractivity contribution in [1.29, 1.82) is 0 Å². The maximum Gasteiger partial charge on any atom is -1.00 e. The minimum atomic E-state index is -2.69. The Labute approximate surface area is 260 Å². The molecule has 0 N–H and O–H groups in total. The third-order valence-electron chi connectivity index (χ3n) is 8.17. The summed E-state index contributed by atoms with van der Waals surface area (Å²) in [4.78, 5) is 0. The van der Waals surface area contributed by atoms with Crippen molar-refractivity contribution in [2.24, 2.45) is 5.92 Å². The SMILES string of the molecule is CCCC1=[C]([Zr+2](=[C](c2ccccc2)c2ccccc2)[CH]2c3ccccc3-c3ccccc32)C(CCC)C=C1.[Cl-].[Cl-]. The van der Waals surface area contributed by atoms with Crippen LogP contribution in [-0.2, 0) is 21.3 Å². The van der Waals surface area contributed by atoms with E-state index in [4.69, 9.17) is 0 Å². The molecule has 0 nitrogen and oxygen atoms in total. The fourth-order valence-electron chi connectivity index (χ4n) is 6.66. The first-order valence-corrected chi connectivity index (χ1v) is 18.1. The average Bonchev–Trinajstić information content (AvgIpc) is 3.52. The maximum atomic E-state index is 2.56. The van der Waals surface area contributed by atoms with Gasteiger partial charge in [0.05, 0.1) is 0 Å². The number of hydrogen-bond donors (Lipinski definition) is 0. The van der Waals surface area contributed by atoms with Crippen molar-refractivity contribution in [3.8, 4) is 11.1 Å². The number of benzene rings is 4. The molecule has 0 radical (unpaired) electrons. The molecule has 0 aliphatic heterocycles. The summed E-state index contributed by atoms with van der Waals surface area (Å²) in [6.45, 7) is 4.69. The van der Waals surface area contributed by atoms with E-state index < -0.39 is 21.3 Å². The minimum Gasteiger partial charge on any atom is -1.00 e. The van der Waals surface area contributed by atoms with Crippen molar-refractivity contribution in [1.82, 2.24) is 0 Å². The fourth-order valence-corrected chi connectivity index (χ4v) is 16.8. The number of fused-ring (bicyclic) bond motifs is 3. The van der Waals surface area contributed by atoms with Crippen LogP contribution in [0.2, 0.25) is 0 Å². The number of allylic oxidation sites excluding steroid dienone is 4. The van der Waals surface area contributed by atoms with Crippen molar-refractivity contribution >= 4 is 3.21 Å². The van der Waals surface area contributed by atoms with Crippen molar-refractivity contribution in [2.45, 2.75) is 43.2 Å². The summed E-state index contributed by atoms with van der Waals surface area (Å²) in [5.74, 6) is 0.568. The fraction of sp³-hybridized carbons (Fsp3) is 0.216. The van der Waals surface area contributed by atoms with Crippen molar-refractivity contribution in [2.75, 3.05) is 0 Å². The zero-order valence-electron chi connectivity index (χ0n) is 23.3. The Morgan fingerprint density at radius 2 is 1.12 bits per heavy atom. The molecule has 0 aromatic heterocycles. The van der Waals surface area contributed by atoms with E-state index in [-0.39, 0.29) is 24.8 Å². The molecule has 1 atom stereocenters. The summed E-state index contributed by atoms with van der Waals surface area (Å²) in [5.41, 5.74) is 10.5. The van der Waals surface area contributed by atoms with Gasteiger partial charge in [0.25, 0.3) is 0 Å². The van der Waals surface area contributed by atoms with Crippen LogP contribution >= 0.6 is 0 Å². The van der Waals surface area contributed by atoms with Gasteiger partial charge in [-0.3, -0.25) is 0 Å². The topological polar surface area (TPSA) is 0 Å². The molecule has 3 heteroatoms. The molecule has 1 unspecified atom stereocenters. The molecule has 4 aromatic carbocycles. The molecule has 0 amide bonds. The first-order chi connectivity index (χ1) is 18.8. The quantitative estimate of drug-likeness (QED) is 0.275. The maximum absolute atomic E-state index is 2.69. The van der Waals surface area contributed by atoms with Gasteiger partial charge in [0, 0.05) is 0 Å². The number of rotatable bonds is 8. The summed E-state index contributed by atoms with van der Waals surface area (Å²) >= 11 is -2.69. The molecule has 4 aromatic rings. The van der Waals surface area contributed by atoms with E-state index in [0.29, 0.717) is 9.54 Å². The summed E-state index contributed by atoms with van der Waals surface area (Å²) < 4.78 is 3.97. The second-order valence-electron chi connectivity index (χ2n) is 10.6. The van der Waals surface area contributed by atoms with Crippen molar-refractivity contribution < 1.29 is 46.1 Å². The monoisotopic (exact) mass is 640 g/mol. The molecule has 2 aliphatic rings. The molecule has 6 rings (SSSR count). The van der Waals surface area contributed by atoms with Gasteiger partial charge in [0.2, 0.25) is 0 Å². The molecule has 0 heterocycles. The van der Waals surface area contributed by atoms with Gasteiger partial charge in [-0.25, -0.2) is 0 Å². The van der Waals surface area contributed by atoms with E-state index in [2.05, 4.69) is 135 Å². The van der Waals surface area contributed by atoms with E-state index in [1.54, 1.807) is 19.9 Å². The van der Waals surface area contributed by atoms with Gasteiger partial charge in [-0.1, -0.05) is 0 Å². The molecular weight excluding hydrogens is 607 g/mol. The van der Waals surface area contributed by atoms with Crippen molar-refractivity contribution in [3.05, 3.63) is 152 Å². The van der Waals surface area contributed by atoms with Gasteiger partial charge in [-0.05, 0) is 0 Å². The van der Waals surface area contributed by atoms with Crippen LogP contribution in [0.15, 0.2) is 130 Å². The Kier molecular flexibility index (Phi) is 10.8. The van der Waals surface area contributed by atoms with E-state index in [1.807, 2.05) is 3.28 Å². The Hall–Kier alpha value is -2.31. The molecule has 202 valence electrons. The molecule has 0 saturated heterocycles. The van der Waals surface area contributed by atoms with Gasteiger partial charge >= 0.3 is 237 Å². The second kappa shape index (κ2) is 14.0. The molecule has 0 saturated carbocycles. The number of halogens is 2. The van der Waals surface area contributed by atoms with E-state index in [1.165, 1.54) is 47.9 Å². The second-order valence-corrected chi connectivity index (χ2v) is 16.6. The minimum absolute atomic E-state index is 0. The van der Waals surface area contributed by atoms with Crippen LogP contribution in [0, 0.1) is 5.92 Å².